The lowest BCUT2D eigenvalue weighted by atomic mass is 10.2. The molecule has 10 heteroatoms. The number of hydrogen-bond donors (Lipinski definition) is 0. The Bertz CT molecular complexity index is 1200. The first-order valence-corrected chi connectivity index (χ1v) is 9.18. The fraction of sp³-hybridized carbons (Fsp3) is 0.250. The van der Waals surface area contributed by atoms with Gasteiger partial charge in [0.05, 0.1) is 30.9 Å². The Morgan fingerprint density at radius 1 is 1.13 bits per heavy atom. The zero-order valence-electron chi connectivity index (χ0n) is 16.7. The number of benzene rings is 2. The van der Waals surface area contributed by atoms with Crippen LogP contribution in [0.5, 0.6) is 11.5 Å². The van der Waals surface area contributed by atoms with E-state index in [1.807, 2.05) is 6.92 Å². The maximum atomic E-state index is 12.4. The van der Waals surface area contributed by atoms with Gasteiger partial charge in [-0.25, -0.2) is 9.48 Å². The van der Waals surface area contributed by atoms with Crippen molar-refractivity contribution < 1.29 is 23.5 Å². The van der Waals surface area contributed by atoms with Gasteiger partial charge in [-0.2, -0.15) is 4.98 Å². The van der Waals surface area contributed by atoms with Crippen LogP contribution < -0.4 is 9.47 Å². The lowest BCUT2D eigenvalue weighted by Crippen LogP contribution is -2.05. The average molecular weight is 409 g/mol. The number of carbonyl (C=O) groups is 1. The summed E-state index contributed by atoms with van der Waals surface area (Å²) in [5.74, 6) is 1.13. The normalized spacial score (nSPS) is 10.9. The van der Waals surface area contributed by atoms with Crippen molar-refractivity contribution in [3.05, 3.63) is 47.9 Å². The van der Waals surface area contributed by atoms with E-state index in [2.05, 4.69) is 20.5 Å². The molecule has 2 aromatic carbocycles. The van der Waals surface area contributed by atoms with Crippen LogP contribution in [0.4, 0.5) is 0 Å². The molecule has 0 spiro atoms. The molecule has 0 atom stereocenters. The molecule has 2 aromatic heterocycles. The first kappa shape index (κ1) is 19.4. The number of methoxy groups -OCH3 is 2. The largest absolute Gasteiger partial charge is 0.497 e. The van der Waals surface area contributed by atoms with Gasteiger partial charge in [-0.1, -0.05) is 10.4 Å². The summed E-state index contributed by atoms with van der Waals surface area (Å²) < 4.78 is 22.8. The predicted molar refractivity (Wildman–Crippen MR) is 105 cm³/mol. The Labute approximate surface area is 171 Å². The molecule has 4 rings (SSSR count). The Morgan fingerprint density at radius 3 is 2.77 bits per heavy atom. The van der Waals surface area contributed by atoms with Crippen LogP contribution in [-0.4, -0.2) is 45.3 Å². The molecule has 0 aliphatic heterocycles. The van der Waals surface area contributed by atoms with Crippen LogP contribution in [0.15, 0.2) is 40.9 Å². The SMILES string of the molecule is CCn1nnc2cc(C(=O)OCc3nc(-c4ccc(OC)cc4OC)no3)ccc21. The van der Waals surface area contributed by atoms with Crippen molar-refractivity contribution in [1.82, 2.24) is 25.1 Å². The molecule has 0 N–H and O–H groups in total. The van der Waals surface area contributed by atoms with Crippen molar-refractivity contribution in [3.8, 4) is 22.9 Å². The van der Waals surface area contributed by atoms with E-state index >= 15 is 0 Å². The summed E-state index contributed by atoms with van der Waals surface area (Å²) in [6.07, 6.45) is 0. The first-order chi connectivity index (χ1) is 14.6. The number of aromatic nitrogens is 5. The second-order valence-electron chi connectivity index (χ2n) is 6.26. The molecule has 0 bridgehead atoms. The van der Waals surface area contributed by atoms with Crippen molar-refractivity contribution in [2.45, 2.75) is 20.1 Å². The topological polar surface area (TPSA) is 114 Å². The van der Waals surface area contributed by atoms with Gasteiger partial charge in [-0.05, 0) is 37.3 Å². The molecule has 10 nitrogen and oxygen atoms in total. The van der Waals surface area contributed by atoms with Gasteiger partial charge < -0.3 is 18.7 Å². The summed E-state index contributed by atoms with van der Waals surface area (Å²) in [4.78, 5) is 16.7. The zero-order chi connectivity index (χ0) is 21.1. The third-order valence-electron chi connectivity index (χ3n) is 4.49. The number of nitrogens with zero attached hydrogens (tertiary/aromatic N) is 5. The number of ether oxygens (including phenoxy) is 3. The standard InChI is InChI=1S/C20H19N5O5/c1-4-25-16-8-5-12(9-15(16)22-24-25)20(26)29-11-18-21-19(23-30-18)14-7-6-13(27-2)10-17(14)28-3/h5-10H,4,11H2,1-3H3. The number of rotatable bonds is 7. The molecule has 0 amide bonds. The Kier molecular flexibility index (Phi) is 5.29. The molecule has 2 heterocycles. The van der Waals surface area contributed by atoms with Crippen LogP contribution in [-0.2, 0) is 17.9 Å². The third-order valence-corrected chi connectivity index (χ3v) is 4.49. The predicted octanol–water partition coefficient (Wildman–Crippen LogP) is 2.88. The number of carbonyl (C=O) groups excluding carboxylic acids is 1. The van der Waals surface area contributed by atoms with E-state index in [4.69, 9.17) is 18.7 Å². The van der Waals surface area contributed by atoms with Crippen molar-refractivity contribution in [1.29, 1.82) is 0 Å². The lowest BCUT2D eigenvalue weighted by Gasteiger charge is -2.07. The second-order valence-corrected chi connectivity index (χ2v) is 6.26. The highest BCUT2D eigenvalue weighted by Crippen LogP contribution is 2.31. The van der Waals surface area contributed by atoms with Crippen LogP contribution in [0.2, 0.25) is 0 Å². The minimum Gasteiger partial charge on any atom is -0.497 e. The monoisotopic (exact) mass is 409 g/mol. The van der Waals surface area contributed by atoms with E-state index < -0.39 is 5.97 Å². The average Bonchev–Trinajstić information content (AvgIpc) is 3.43. The summed E-state index contributed by atoms with van der Waals surface area (Å²) in [6.45, 7) is 2.50. The molecule has 0 aliphatic rings. The van der Waals surface area contributed by atoms with Crippen molar-refractivity contribution >= 4 is 17.0 Å². The quantitative estimate of drug-likeness (QED) is 0.425. The summed E-state index contributed by atoms with van der Waals surface area (Å²) >= 11 is 0. The third kappa shape index (κ3) is 3.66. The van der Waals surface area contributed by atoms with Crippen molar-refractivity contribution in [3.63, 3.8) is 0 Å². The van der Waals surface area contributed by atoms with Gasteiger partial charge in [0.25, 0.3) is 5.89 Å². The summed E-state index contributed by atoms with van der Waals surface area (Å²) in [6, 6.07) is 10.3. The number of fused-ring (bicyclic) bond motifs is 1. The first-order valence-electron chi connectivity index (χ1n) is 9.18. The Hall–Kier alpha value is -3.95. The summed E-state index contributed by atoms with van der Waals surface area (Å²) in [5.41, 5.74) is 2.47. The molecule has 4 aromatic rings. The maximum Gasteiger partial charge on any atom is 0.338 e. The number of aryl methyl sites for hydroxylation is 1. The fourth-order valence-corrected chi connectivity index (χ4v) is 2.95. The van der Waals surface area contributed by atoms with Gasteiger partial charge in [-0.3, -0.25) is 0 Å². The van der Waals surface area contributed by atoms with Crippen molar-refractivity contribution in [2.75, 3.05) is 14.2 Å². The van der Waals surface area contributed by atoms with Crippen LogP contribution in [0.1, 0.15) is 23.2 Å². The summed E-state index contributed by atoms with van der Waals surface area (Å²) in [5, 5.41) is 12.0. The Balaban J connectivity index is 1.46. The fourth-order valence-electron chi connectivity index (χ4n) is 2.95. The second kappa shape index (κ2) is 8.19. The van der Waals surface area contributed by atoms with E-state index in [-0.39, 0.29) is 12.5 Å². The molecular formula is C20H19N5O5. The van der Waals surface area contributed by atoms with E-state index in [1.165, 1.54) is 7.11 Å². The number of hydrogen-bond acceptors (Lipinski definition) is 9. The van der Waals surface area contributed by atoms with E-state index in [0.29, 0.717) is 40.5 Å². The zero-order valence-corrected chi connectivity index (χ0v) is 16.7. The molecular weight excluding hydrogens is 390 g/mol. The highest BCUT2D eigenvalue weighted by Gasteiger charge is 2.17. The van der Waals surface area contributed by atoms with Gasteiger partial charge in [-0.15, -0.1) is 5.10 Å². The molecule has 0 aliphatic carbocycles. The van der Waals surface area contributed by atoms with Gasteiger partial charge in [0.2, 0.25) is 5.82 Å². The van der Waals surface area contributed by atoms with E-state index in [9.17, 15) is 4.79 Å². The molecule has 30 heavy (non-hydrogen) atoms. The van der Waals surface area contributed by atoms with Crippen LogP contribution >= 0.6 is 0 Å². The van der Waals surface area contributed by atoms with E-state index in [1.54, 1.807) is 48.2 Å². The van der Waals surface area contributed by atoms with Gasteiger partial charge in [0.1, 0.15) is 17.0 Å². The smallest absolute Gasteiger partial charge is 0.338 e. The molecule has 0 saturated heterocycles. The van der Waals surface area contributed by atoms with Crippen molar-refractivity contribution in [2.24, 2.45) is 0 Å². The van der Waals surface area contributed by atoms with Crippen LogP contribution in [0, 0.1) is 0 Å². The Morgan fingerprint density at radius 2 is 2.00 bits per heavy atom. The molecule has 0 radical (unpaired) electrons. The van der Waals surface area contributed by atoms with Gasteiger partial charge in [0, 0.05) is 12.6 Å². The van der Waals surface area contributed by atoms with Gasteiger partial charge >= 0.3 is 5.97 Å². The highest BCUT2D eigenvalue weighted by molar-refractivity contribution is 5.93. The van der Waals surface area contributed by atoms with Crippen LogP contribution in [0.25, 0.3) is 22.4 Å². The molecule has 0 fully saturated rings. The van der Waals surface area contributed by atoms with E-state index in [0.717, 1.165) is 5.52 Å². The molecule has 0 saturated carbocycles. The summed E-state index contributed by atoms with van der Waals surface area (Å²) in [7, 11) is 3.11. The highest BCUT2D eigenvalue weighted by atomic mass is 16.6. The molecule has 154 valence electrons. The number of esters is 1. The maximum absolute atomic E-state index is 12.4. The lowest BCUT2D eigenvalue weighted by molar-refractivity contribution is 0.0430. The van der Waals surface area contributed by atoms with Crippen LogP contribution in [0.3, 0.4) is 0 Å². The van der Waals surface area contributed by atoms with Gasteiger partial charge in [0.15, 0.2) is 6.61 Å². The minimum atomic E-state index is -0.523. The molecule has 0 unspecified atom stereocenters. The minimum absolute atomic E-state index is 0.161.